The number of hydrogen-bond acceptors (Lipinski definition) is 11. The Morgan fingerprint density at radius 3 is 2.09 bits per heavy atom. The topological polar surface area (TPSA) is 136 Å². The zero-order valence-electron chi connectivity index (χ0n) is 20.2. The molecule has 0 aliphatic heterocycles. The number of nitrogens with zero attached hydrogens (tertiary/aromatic N) is 4. The Labute approximate surface area is 199 Å². The Morgan fingerprint density at radius 2 is 1.53 bits per heavy atom. The van der Waals surface area contributed by atoms with Gasteiger partial charge in [0.1, 0.15) is 37.9 Å². The lowest BCUT2D eigenvalue weighted by Crippen LogP contribution is -2.30. The minimum Gasteiger partial charge on any atom is -0.434 e. The van der Waals surface area contributed by atoms with Crippen LogP contribution in [0.3, 0.4) is 0 Å². The van der Waals surface area contributed by atoms with Crippen molar-refractivity contribution in [3.05, 3.63) is 12.7 Å². The average molecular weight is 482 g/mol. The van der Waals surface area contributed by atoms with Crippen LogP contribution < -0.4 is 5.32 Å². The van der Waals surface area contributed by atoms with E-state index in [0.29, 0.717) is 17.0 Å². The number of anilines is 1. The molecule has 0 aliphatic carbocycles. The third-order valence-corrected chi connectivity index (χ3v) is 4.80. The van der Waals surface area contributed by atoms with Crippen LogP contribution in [0.4, 0.5) is 15.4 Å². The molecule has 0 spiro atoms. The summed E-state index contributed by atoms with van der Waals surface area (Å²) in [7, 11) is 1.74. The number of nitrogens with one attached hydrogen (secondary N) is 1. The lowest BCUT2D eigenvalue weighted by molar-refractivity contribution is -0.0712. The van der Waals surface area contributed by atoms with Crippen LogP contribution in [0.15, 0.2) is 12.7 Å². The molecule has 0 aliphatic rings. The molecule has 2 aromatic heterocycles. The molecule has 190 valence electrons. The van der Waals surface area contributed by atoms with Gasteiger partial charge in [0.25, 0.3) is 0 Å². The van der Waals surface area contributed by atoms with Gasteiger partial charge in [-0.15, -0.1) is 0 Å². The first kappa shape index (κ1) is 27.1. The molecule has 2 heterocycles. The molecule has 0 fully saturated rings. The first-order chi connectivity index (χ1) is 16.6. The van der Waals surface area contributed by atoms with Crippen molar-refractivity contribution in [3.8, 4) is 0 Å². The molecule has 2 rings (SSSR count). The van der Waals surface area contributed by atoms with Crippen LogP contribution in [0.1, 0.15) is 52.4 Å². The van der Waals surface area contributed by atoms with Crippen molar-refractivity contribution in [2.24, 2.45) is 0 Å². The van der Waals surface area contributed by atoms with Crippen molar-refractivity contribution in [1.82, 2.24) is 19.5 Å². The van der Waals surface area contributed by atoms with Crippen molar-refractivity contribution in [2.45, 2.75) is 65.2 Å². The normalized spacial score (nSPS) is 10.9. The second-order valence-corrected chi connectivity index (χ2v) is 7.51. The van der Waals surface area contributed by atoms with Crippen molar-refractivity contribution < 1.29 is 33.3 Å². The Hall–Kier alpha value is -3.15. The summed E-state index contributed by atoms with van der Waals surface area (Å²) >= 11 is 0. The highest BCUT2D eigenvalue weighted by atomic mass is 16.7. The molecule has 12 nitrogen and oxygen atoms in total. The second kappa shape index (κ2) is 15.6. The predicted octanol–water partition coefficient (Wildman–Crippen LogP) is 3.90. The minimum atomic E-state index is -0.800. The predicted molar refractivity (Wildman–Crippen MR) is 123 cm³/mol. The van der Waals surface area contributed by atoms with Gasteiger partial charge in [0.05, 0.1) is 19.5 Å². The molecule has 2 aromatic rings. The highest BCUT2D eigenvalue weighted by molar-refractivity contribution is 5.82. The van der Waals surface area contributed by atoms with Crippen LogP contribution in [0, 0.1) is 0 Å². The Bertz CT molecular complexity index is 848. The molecule has 0 radical (unpaired) electrons. The summed E-state index contributed by atoms with van der Waals surface area (Å²) in [4.78, 5) is 36.4. The van der Waals surface area contributed by atoms with Crippen LogP contribution in [0.5, 0.6) is 0 Å². The Morgan fingerprint density at radius 1 is 0.912 bits per heavy atom. The highest BCUT2D eigenvalue weighted by Gasteiger charge is 2.18. The molecular formula is C22H35N5O7. The zero-order valence-corrected chi connectivity index (χ0v) is 20.2. The zero-order chi connectivity index (χ0) is 24.6. The molecule has 0 amide bonds. The van der Waals surface area contributed by atoms with E-state index in [0.717, 1.165) is 38.5 Å². The third kappa shape index (κ3) is 9.38. The molecule has 0 bridgehead atoms. The van der Waals surface area contributed by atoms with E-state index in [2.05, 4.69) is 34.1 Å². The molecule has 0 aromatic carbocycles. The Balaban J connectivity index is 1.90. The first-order valence-electron chi connectivity index (χ1n) is 11.6. The summed E-state index contributed by atoms with van der Waals surface area (Å²) in [6.45, 7) is 4.39. The van der Waals surface area contributed by atoms with E-state index in [1.54, 1.807) is 17.9 Å². The number of ether oxygens (including phenoxy) is 5. The number of fused-ring (bicyclic) bond motifs is 1. The van der Waals surface area contributed by atoms with Gasteiger partial charge >= 0.3 is 12.3 Å². The van der Waals surface area contributed by atoms with Gasteiger partial charge in [-0.3, -0.25) is 4.57 Å². The lowest BCUT2D eigenvalue weighted by Gasteiger charge is -2.18. The number of imidazole rings is 1. The third-order valence-electron chi connectivity index (χ3n) is 4.80. The van der Waals surface area contributed by atoms with Crippen LogP contribution >= 0.6 is 0 Å². The Kier molecular flexibility index (Phi) is 12.5. The summed E-state index contributed by atoms with van der Waals surface area (Å²) in [6.07, 6.45) is 6.11. The molecule has 0 saturated heterocycles. The first-order valence-corrected chi connectivity index (χ1v) is 11.6. The van der Waals surface area contributed by atoms with Gasteiger partial charge in [0.2, 0.25) is 0 Å². The smallest absolute Gasteiger partial charge is 0.434 e. The summed E-state index contributed by atoms with van der Waals surface area (Å²) in [5.74, 6) is 0.587. The van der Waals surface area contributed by atoms with Gasteiger partial charge in [-0.25, -0.2) is 24.5 Å². The van der Waals surface area contributed by atoms with Crippen LogP contribution in [0.25, 0.3) is 11.2 Å². The largest absolute Gasteiger partial charge is 0.508 e. The number of carbonyl (C=O) groups excluding carboxylic acids is 2. The monoisotopic (exact) mass is 481 g/mol. The average Bonchev–Trinajstić information content (AvgIpc) is 3.27. The van der Waals surface area contributed by atoms with E-state index in [1.165, 1.54) is 6.33 Å². The minimum absolute atomic E-state index is 0.0329. The number of carbonyl (C=O) groups is 2. The summed E-state index contributed by atoms with van der Waals surface area (Å²) in [6, 6.07) is 0. The number of unbranched alkanes of at least 4 members (excludes halogenated alkanes) is 4. The highest BCUT2D eigenvalue weighted by Crippen LogP contribution is 2.17. The summed E-state index contributed by atoms with van der Waals surface area (Å²) in [5.41, 5.74) is 1.15. The SMILES string of the molecule is CCCCCOC(=O)OCC(COC(=O)OCCCCC)OCn1cnc2c(NC)ncnc21. The molecule has 0 saturated carbocycles. The van der Waals surface area contributed by atoms with Crippen molar-refractivity contribution in [1.29, 1.82) is 0 Å². The lowest BCUT2D eigenvalue weighted by atomic mass is 10.3. The van der Waals surface area contributed by atoms with E-state index >= 15 is 0 Å². The fourth-order valence-electron chi connectivity index (χ4n) is 2.91. The number of aromatic nitrogens is 4. The van der Waals surface area contributed by atoms with Crippen molar-refractivity contribution in [2.75, 3.05) is 38.8 Å². The maximum atomic E-state index is 11.9. The van der Waals surface area contributed by atoms with E-state index in [-0.39, 0.29) is 33.2 Å². The maximum absolute atomic E-state index is 11.9. The van der Waals surface area contributed by atoms with Crippen LogP contribution in [-0.4, -0.2) is 71.4 Å². The van der Waals surface area contributed by atoms with Gasteiger partial charge in [-0.05, 0) is 12.8 Å². The summed E-state index contributed by atoms with van der Waals surface area (Å²) < 4.78 is 27.9. The van der Waals surface area contributed by atoms with E-state index in [9.17, 15) is 9.59 Å². The molecule has 1 N–H and O–H groups in total. The maximum Gasteiger partial charge on any atom is 0.508 e. The number of rotatable bonds is 16. The van der Waals surface area contributed by atoms with Gasteiger partial charge in [0, 0.05) is 7.05 Å². The number of hydrogen-bond donors (Lipinski definition) is 1. The van der Waals surface area contributed by atoms with Gasteiger partial charge in [0.15, 0.2) is 11.5 Å². The van der Waals surface area contributed by atoms with E-state index < -0.39 is 18.4 Å². The molecule has 12 heteroatoms. The fourth-order valence-corrected chi connectivity index (χ4v) is 2.91. The van der Waals surface area contributed by atoms with Crippen molar-refractivity contribution in [3.63, 3.8) is 0 Å². The molecule has 0 atom stereocenters. The summed E-state index contributed by atoms with van der Waals surface area (Å²) in [5, 5.41) is 2.95. The van der Waals surface area contributed by atoms with Crippen molar-refractivity contribution >= 4 is 29.3 Å². The van der Waals surface area contributed by atoms with E-state index in [1.807, 2.05) is 0 Å². The van der Waals surface area contributed by atoms with Crippen LogP contribution in [0.2, 0.25) is 0 Å². The molecular weight excluding hydrogens is 446 g/mol. The molecule has 0 unspecified atom stereocenters. The van der Waals surface area contributed by atoms with Gasteiger partial charge in [-0.2, -0.15) is 0 Å². The van der Waals surface area contributed by atoms with Gasteiger partial charge in [-0.1, -0.05) is 39.5 Å². The molecule has 34 heavy (non-hydrogen) atoms. The second-order valence-electron chi connectivity index (χ2n) is 7.51. The van der Waals surface area contributed by atoms with Crippen LogP contribution in [-0.2, 0) is 30.4 Å². The quantitative estimate of drug-likeness (QED) is 0.276. The fraction of sp³-hybridized carbons (Fsp3) is 0.682. The van der Waals surface area contributed by atoms with Gasteiger partial charge < -0.3 is 29.0 Å². The standard InChI is InChI=1S/C22H35N5O7/c1-4-6-8-10-30-21(28)32-12-17(13-33-22(29)31-11-9-7-5-2)34-16-27-15-26-18-19(23-3)24-14-25-20(18)27/h14-15,17H,4-13,16H2,1-3H3,(H,23,24,25). The van der Waals surface area contributed by atoms with E-state index in [4.69, 9.17) is 23.7 Å².